The number of unbranched alkanes of at least 4 members (excludes halogenated alkanes) is 1. The first-order valence-corrected chi connectivity index (χ1v) is 8.43. The molecule has 0 bridgehead atoms. The first-order chi connectivity index (χ1) is 10.5. The summed E-state index contributed by atoms with van der Waals surface area (Å²) in [4.78, 5) is -0.646. The molecule has 0 unspecified atom stereocenters. The van der Waals surface area contributed by atoms with Crippen LogP contribution in [0.5, 0.6) is 0 Å². The van der Waals surface area contributed by atoms with Crippen LogP contribution in [-0.4, -0.2) is 15.0 Å². The van der Waals surface area contributed by atoms with Crippen molar-refractivity contribution in [2.45, 2.75) is 24.7 Å². The first-order valence-electron chi connectivity index (χ1n) is 6.99. The van der Waals surface area contributed by atoms with E-state index in [0.717, 1.165) is 22.9 Å². The van der Waals surface area contributed by atoms with Gasteiger partial charge >= 0.3 is 0 Å². The van der Waals surface area contributed by atoms with E-state index in [9.17, 15) is 17.2 Å². The van der Waals surface area contributed by atoms with E-state index >= 15 is 0 Å². The Hall–Kier alpha value is -1.95. The van der Waals surface area contributed by atoms with Crippen molar-refractivity contribution in [3.05, 3.63) is 60.2 Å². The molecule has 2 aromatic carbocycles. The zero-order valence-corrected chi connectivity index (χ0v) is 13.0. The molecule has 0 N–H and O–H groups in total. The van der Waals surface area contributed by atoms with Crippen LogP contribution in [0.3, 0.4) is 0 Å². The number of rotatable bonds is 6. The Bertz CT molecular complexity index is 733. The molecular weight excluding hydrogens is 308 g/mol. The summed E-state index contributed by atoms with van der Waals surface area (Å²) < 4.78 is 53.8. The second kappa shape index (κ2) is 6.87. The van der Waals surface area contributed by atoms with Crippen molar-refractivity contribution in [2.75, 3.05) is 10.8 Å². The van der Waals surface area contributed by atoms with Gasteiger partial charge in [-0.1, -0.05) is 31.5 Å². The van der Waals surface area contributed by atoms with Crippen LogP contribution >= 0.6 is 0 Å². The minimum atomic E-state index is -4.16. The predicted molar refractivity (Wildman–Crippen MR) is 82.2 cm³/mol. The summed E-state index contributed by atoms with van der Waals surface area (Å²) in [6.45, 7) is 2.14. The van der Waals surface area contributed by atoms with Gasteiger partial charge in [0.1, 0.15) is 16.5 Å². The third-order valence-corrected chi connectivity index (χ3v) is 5.06. The van der Waals surface area contributed by atoms with Crippen LogP contribution in [0.15, 0.2) is 53.4 Å². The van der Waals surface area contributed by atoms with Crippen molar-refractivity contribution in [2.24, 2.45) is 0 Å². The molecule has 2 rings (SSSR count). The molecule has 3 nitrogen and oxygen atoms in total. The molecular formula is C16H17F2NO2S. The van der Waals surface area contributed by atoms with Crippen LogP contribution in [0.4, 0.5) is 14.5 Å². The molecule has 0 aromatic heterocycles. The van der Waals surface area contributed by atoms with E-state index in [-0.39, 0.29) is 6.54 Å². The third kappa shape index (κ3) is 3.44. The van der Waals surface area contributed by atoms with Crippen LogP contribution in [-0.2, 0) is 10.0 Å². The Kier molecular flexibility index (Phi) is 5.13. The highest BCUT2D eigenvalue weighted by Gasteiger charge is 2.28. The summed E-state index contributed by atoms with van der Waals surface area (Å²) in [6, 6.07) is 10.9. The Morgan fingerprint density at radius 2 is 1.73 bits per heavy atom. The largest absolute Gasteiger partial charge is 0.267 e. The molecule has 0 aliphatic heterocycles. The van der Waals surface area contributed by atoms with Crippen LogP contribution in [0.1, 0.15) is 19.8 Å². The fraction of sp³-hybridized carbons (Fsp3) is 0.250. The quantitative estimate of drug-likeness (QED) is 0.806. The lowest BCUT2D eigenvalue weighted by molar-refractivity contribution is 0.550. The number of halogens is 2. The van der Waals surface area contributed by atoms with Crippen LogP contribution in [0, 0.1) is 11.6 Å². The predicted octanol–water partition coefficient (Wildman–Crippen LogP) is 3.96. The summed E-state index contributed by atoms with van der Waals surface area (Å²) in [6.07, 6.45) is 1.40. The zero-order valence-electron chi connectivity index (χ0n) is 12.2. The molecule has 118 valence electrons. The lowest BCUT2D eigenvalue weighted by atomic mass is 10.3. The average molecular weight is 325 g/mol. The molecule has 0 atom stereocenters. The van der Waals surface area contributed by atoms with E-state index in [4.69, 9.17) is 0 Å². The van der Waals surface area contributed by atoms with E-state index in [1.54, 1.807) is 30.3 Å². The number of anilines is 1. The molecule has 2 aromatic rings. The van der Waals surface area contributed by atoms with Gasteiger partial charge < -0.3 is 0 Å². The van der Waals surface area contributed by atoms with Crippen molar-refractivity contribution >= 4 is 15.7 Å². The Balaban J connectivity index is 2.52. The van der Waals surface area contributed by atoms with Gasteiger partial charge in [0, 0.05) is 6.54 Å². The van der Waals surface area contributed by atoms with Crippen molar-refractivity contribution in [1.29, 1.82) is 0 Å². The monoisotopic (exact) mass is 325 g/mol. The lowest BCUT2D eigenvalue weighted by Gasteiger charge is -2.24. The van der Waals surface area contributed by atoms with Gasteiger partial charge in [0.05, 0.1) is 5.69 Å². The standard InChI is InChI=1S/C16H17F2NO2S/c1-2-3-11-19(14-7-5-4-6-8-14)22(20,21)16-12-13(17)9-10-15(16)18/h4-10,12H,2-3,11H2,1H3. The van der Waals surface area contributed by atoms with E-state index in [0.29, 0.717) is 18.2 Å². The molecule has 0 aliphatic rings. The molecule has 0 saturated carbocycles. The average Bonchev–Trinajstić information content (AvgIpc) is 2.51. The number of hydrogen-bond acceptors (Lipinski definition) is 2. The highest BCUT2D eigenvalue weighted by Crippen LogP contribution is 2.26. The second-order valence-electron chi connectivity index (χ2n) is 4.84. The maximum Gasteiger partial charge on any atom is 0.267 e. The van der Waals surface area contributed by atoms with Gasteiger partial charge in [-0.2, -0.15) is 0 Å². The molecule has 0 amide bonds. The normalized spacial score (nSPS) is 11.4. The van der Waals surface area contributed by atoms with Gasteiger partial charge in [-0.15, -0.1) is 0 Å². The van der Waals surface area contributed by atoms with E-state index in [1.165, 1.54) is 0 Å². The van der Waals surface area contributed by atoms with E-state index in [1.807, 2.05) is 6.92 Å². The van der Waals surface area contributed by atoms with E-state index in [2.05, 4.69) is 0 Å². The highest BCUT2D eigenvalue weighted by molar-refractivity contribution is 7.92. The highest BCUT2D eigenvalue weighted by atomic mass is 32.2. The van der Waals surface area contributed by atoms with Gasteiger partial charge in [-0.25, -0.2) is 17.2 Å². The maximum atomic E-state index is 13.9. The van der Waals surface area contributed by atoms with Gasteiger partial charge in [0.2, 0.25) is 0 Å². The number of sulfonamides is 1. The van der Waals surface area contributed by atoms with Crippen LogP contribution < -0.4 is 4.31 Å². The summed E-state index contributed by atoms with van der Waals surface area (Å²) in [5, 5.41) is 0. The fourth-order valence-electron chi connectivity index (χ4n) is 2.08. The summed E-state index contributed by atoms with van der Waals surface area (Å²) >= 11 is 0. The lowest BCUT2D eigenvalue weighted by Crippen LogP contribution is -2.32. The zero-order chi connectivity index (χ0) is 16.2. The molecule has 0 radical (unpaired) electrons. The molecule has 0 spiro atoms. The van der Waals surface area contributed by atoms with Gasteiger partial charge in [-0.3, -0.25) is 4.31 Å². The Morgan fingerprint density at radius 1 is 1.05 bits per heavy atom. The smallest absolute Gasteiger partial charge is 0.266 e. The molecule has 0 saturated heterocycles. The van der Waals surface area contributed by atoms with Gasteiger partial charge in [0.25, 0.3) is 10.0 Å². The SMILES string of the molecule is CCCCN(c1ccccc1)S(=O)(=O)c1cc(F)ccc1F. The summed E-state index contributed by atoms with van der Waals surface area (Å²) in [5.74, 6) is -1.75. The van der Waals surface area contributed by atoms with Crippen LogP contribution in [0.2, 0.25) is 0 Å². The van der Waals surface area contributed by atoms with Gasteiger partial charge in [-0.05, 0) is 36.8 Å². The Morgan fingerprint density at radius 3 is 2.36 bits per heavy atom. The molecule has 22 heavy (non-hydrogen) atoms. The molecule has 0 heterocycles. The summed E-state index contributed by atoms with van der Waals surface area (Å²) in [7, 11) is -4.16. The fourth-order valence-corrected chi connectivity index (χ4v) is 3.66. The number of benzene rings is 2. The minimum Gasteiger partial charge on any atom is -0.266 e. The van der Waals surface area contributed by atoms with Crippen molar-refractivity contribution < 1.29 is 17.2 Å². The number of para-hydroxylation sites is 1. The van der Waals surface area contributed by atoms with Crippen molar-refractivity contribution in [1.82, 2.24) is 0 Å². The van der Waals surface area contributed by atoms with E-state index < -0.39 is 26.6 Å². The molecule has 0 fully saturated rings. The third-order valence-electron chi connectivity index (χ3n) is 3.22. The molecule has 6 heteroatoms. The molecule has 0 aliphatic carbocycles. The Labute approximate surface area is 129 Å². The minimum absolute atomic E-state index is 0.207. The van der Waals surface area contributed by atoms with Crippen molar-refractivity contribution in [3.63, 3.8) is 0 Å². The maximum absolute atomic E-state index is 13.9. The van der Waals surface area contributed by atoms with Crippen molar-refractivity contribution in [3.8, 4) is 0 Å². The van der Waals surface area contributed by atoms with Gasteiger partial charge in [0.15, 0.2) is 0 Å². The second-order valence-corrected chi connectivity index (χ2v) is 6.67. The first kappa shape index (κ1) is 16.4. The number of hydrogen-bond donors (Lipinski definition) is 0. The van der Waals surface area contributed by atoms with Crippen LogP contribution in [0.25, 0.3) is 0 Å². The number of nitrogens with zero attached hydrogens (tertiary/aromatic N) is 1. The summed E-state index contributed by atoms with van der Waals surface area (Å²) in [5.41, 5.74) is 0.430. The topological polar surface area (TPSA) is 37.4 Å².